The van der Waals surface area contributed by atoms with Gasteiger partial charge in [0.25, 0.3) is 0 Å². The number of nitrogens with zero attached hydrogens (tertiary/aromatic N) is 1. The van der Waals surface area contributed by atoms with Gasteiger partial charge in [-0.15, -0.1) is 0 Å². The third-order valence-corrected chi connectivity index (χ3v) is 3.73. The predicted molar refractivity (Wildman–Crippen MR) is 94.0 cm³/mol. The summed E-state index contributed by atoms with van der Waals surface area (Å²) < 4.78 is 5.31. The normalized spacial score (nSPS) is 10.4. The van der Waals surface area contributed by atoms with Crippen molar-refractivity contribution in [1.82, 2.24) is 9.97 Å². The van der Waals surface area contributed by atoms with E-state index in [0.717, 1.165) is 28.4 Å². The molecule has 0 aliphatic rings. The molecule has 1 amide bonds. The third kappa shape index (κ3) is 3.81. The monoisotopic (exact) mass is 321 g/mol. The van der Waals surface area contributed by atoms with Crippen LogP contribution in [0.15, 0.2) is 60.9 Å². The van der Waals surface area contributed by atoms with Crippen molar-refractivity contribution in [3.05, 3.63) is 66.5 Å². The Labute approximate surface area is 140 Å². The van der Waals surface area contributed by atoms with Gasteiger partial charge in [-0.05, 0) is 30.2 Å². The molecule has 24 heavy (non-hydrogen) atoms. The molecule has 3 rings (SSSR count). The number of aryl methyl sites for hydroxylation is 1. The second-order valence-electron chi connectivity index (χ2n) is 5.38. The molecule has 0 radical (unpaired) electrons. The predicted octanol–water partition coefficient (Wildman–Crippen LogP) is 3.66. The minimum absolute atomic E-state index is 0.0301. The van der Waals surface area contributed by atoms with Crippen molar-refractivity contribution in [1.29, 1.82) is 0 Å². The lowest BCUT2D eigenvalue weighted by atomic mass is 10.1. The van der Waals surface area contributed by atoms with E-state index >= 15 is 0 Å². The lowest BCUT2D eigenvalue weighted by molar-refractivity contribution is -0.116. The molecular formula is C19H19N3O2. The Hall–Kier alpha value is -3.08. The highest BCUT2D eigenvalue weighted by Gasteiger charge is 2.08. The molecule has 2 aromatic carbocycles. The number of aromatic amines is 1. The van der Waals surface area contributed by atoms with Gasteiger partial charge in [-0.2, -0.15) is 0 Å². The average molecular weight is 321 g/mol. The molecule has 0 atom stereocenters. The topological polar surface area (TPSA) is 67.0 Å². The summed E-state index contributed by atoms with van der Waals surface area (Å²) in [6.07, 6.45) is 4.50. The van der Waals surface area contributed by atoms with E-state index in [-0.39, 0.29) is 5.91 Å². The first kappa shape index (κ1) is 15.8. The zero-order valence-electron chi connectivity index (χ0n) is 13.5. The lowest BCUT2D eigenvalue weighted by Gasteiger charge is -2.09. The summed E-state index contributed by atoms with van der Waals surface area (Å²) >= 11 is 0. The van der Waals surface area contributed by atoms with E-state index in [1.54, 1.807) is 19.5 Å². The first-order valence-corrected chi connectivity index (χ1v) is 7.78. The smallest absolute Gasteiger partial charge is 0.224 e. The molecule has 0 saturated carbocycles. The van der Waals surface area contributed by atoms with E-state index in [1.807, 2.05) is 48.5 Å². The fourth-order valence-electron chi connectivity index (χ4n) is 2.55. The van der Waals surface area contributed by atoms with Crippen LogP contribution in [0.4, 0.5) is 5.69 Å². The molecule has 0 unspecified atom stereocenters. The number of rotatable bonds is 6. The number of hydrogen-bond acceptors (Lipinski definition) is 3. The molecule has 0 bridgehead atoms. The van der Waals surface area contributed by atoms with Gasteiger partial charge in [-0.25, -0.2) is 4.98 Å². The van der Waals surface area contributed by atoms with Crippen molar-refractivity contribution in [2.45, 2.75) is 12.8 Å². The van der Waals surface area contributed by atoms with Crippen molar-refractivity contribution in [3.8, 4) is 17.1 Å². The van der Waals surface area contributed by atoms with Gasteiger partial charge >= 0.3 is 0 Å². The maximum absolute atomic E-state index is 12.2. The van der Waals surface area contributed by atoms with E-state index in [0.29, 0.717) is 12.8 Å². The molecular weight excluding hydrogens is 302 g/mol. The van der Waals surface area contributed by atoms with Gasteiger partial charge in [0.2, 0.25) is 5.91 Å². The number of anilines is 1. The lowest BCUT2D eigenvalue weighted by Crippen LogP contribution is -2.12. The Bertz CT molecular complexity index is 813. The summed E-state index contributed by atoms with van der Waals surface area (Å²) in [5.41, 5.74) is 2.72. The van der Waals surface area contributed by atoms with Gasteiger partial charge < -0.3 is 15.0 Å². The third-order valence-electron chi connectivity index (χ3n) is 3.73. The van der Waals surface area contributed by atoms with Crippen molar-refractivity contribution in [2.24, 2.45) is 0 Å². The number of carbonyl (C=O) groups excluding carboxylic acids is 1. The molecule has 0 saturated heterocycles. The molecule has 0 fully saturated rings. The summed E-state index contributed by atoms with van der Waals surface area (Å²) in [6, 6.07) is 15.4. The number of carbonyl (C=O) groups is 1. The van der Waals surface area contributed by atoms with Crippen molar-refractivity contribution < 1.29 is 9.53 Å². The van der Waals surface area contributed by atoms with Crippen LogP contribution in [0.5, 0.6) is 5.75 Å². The van der Waals surface area contributed by atoms with Crippen LogP contribution in [0, 0.1) is 0 Å². The van der Waals surface area contributed by atoms with E-state index < -0.39 is 0 Å². The number of amides is 1. The van der Waals surface area contributed by atoms with Crippen LogP contribution in [-0.4, -0.2) is 23.0 Å². The summed E-state index contributed by atoms with van der Waals surface area (Å²) in [6.45, 7) is 0. The number of hydrogen-bond donors (Lipinski definition) is 2. The standard InChI is InChI=1S/C19H19N3O2/c1-24-17-8-3-2-5-14(17)9-10-18(23)22-16-7-4-6-15(13-16)19-20-11-12-21-19/h2-8,11-13H,9-10H2,1H3,(H,20,21)(H,22,23). The van der Waals surface area contributed by atoms with Crippen molar-refractivity contribution in [3.63, 3.8) is 0 Å². The number of aromatic nitrogens is 2. The van der Waals surface area contributed by atoms with Crippen LogP contribution in [-0.2, 0) is 11.2 Å². The molecule has 1 heterocycles. The van der Waals surface area contributed by atoms with E-state index in [2.05, 4.69) is 15.3 Å². The quantitative estimate of drug-likeness (QED) is 0.728. The molecule has 3 aromatic rings. The number of benzene rings is 2. The number of H-pyrrole nitrogens is 1. The molecule has 0 aliphatic carbocycles. The Morgan fingerprint density at radius 2 is 2.08 bits per heavy atom. The maximum Gasteiger partial charge on any atom is 0.224 e. The summed E-state index contributed by atoms with van der Waals surface area (Å²) in [4.78, 5) is 19.5. The number of nitrogens with one attached hydrogen (secondary N) is 2. The van der Waals surface area contributed by atoms with Crippen LogP contribution in [0.2, 0.25) is 0 Å². The Balaban J connectivity index is 1.62. The highest BCUT2D eigenvalue weighted by molar-refractivity contribution is 5.91. The number of imidazole rings is 1. The van der Waals surface area contributed by atoms with Crippen molar-refractivity contribution >= 4 is 11.6 Å². The second-order valence-corrected chi connectivity index (χ2v) is 5.38. The van der Waals surface area contributed by atoms with Gasteiger partial charge in [0.15, 0.2) is 0 Å². The molecule has 122 valence electrons. The maximum atomic E-state index is 12.2. The highest BCUT2D eigenvalue weighted by Crippen LogP contribution is 2.21. The van der Waals surface area contributed by atoms with E-state index in [1.165, 1.54) is 0 Å². The SMILES string of the molecule is COc1ccccc1CCC(=O)Nc1cccc(-c2ncc[nH]2)c1. The van der Waals surface area contributed by atoms with Crippen LogP contribution >= 0.6 is 0 Å². The van der Waals surface area contributed by atoms with Gasteiger partial charge in [0.1, 0.15) is 11.6 Å². The van der Waals surface area contributed by atoms with Crippen LogP contribution in [0.3, 0.4) is 0 Å². The van der Waals surface area contributed by atoms with Crippen LogP contribution < -0.4 is 10.1 Å². The Morgan fingerprint density at radius 3 is 2.88 bits per heavy atom. The summed E-state index contributed by atoms with van der Waals surface area (Å²) in [7, 11) is 1.64. The minimum atomic E-state index is -0.0301. The fraction of sp³-hybridized carbons (Fsp3) is 0.158. The summed E-state index contributed by atoms with van der Waals surface area (Å²) in [5, 5.41) is 2.93. The molecule has 5 heteroatoms. The second kappa shape index (κ2) is 7.46. The van der Waals surface area contributed by atoms with E-state index in [4.69, 9.17) is 4.74 Å². The van der Waals surface area contributed by atoms with Crippen molar-refractivity contribution in [2.75, 3.05) is 12.4 Å². The van der Waals surface area contributed by atoms with Gasteiger partial charge in [-0.1, -0.05) is 30.3 Å². The molecule has 2 N–H and O–H groups in total. The van der Waals surface area contributed by atoms with Gasteiger partial charge in [0, 0.05) is 30.1 Å². The van der Waals surface area contributed by atoms with Crippen LogP contribution in [0.25, 0.3) is 11.4 Å². The molecule has 0 spiro atoms. The first-order chi connectivity index (χ1) is 11.8. The van der Waals surface area contributed by atoms with Crippen LogP contribution in [0.1, 0.15) is 12.0 Å². The Morgan fingerprint density at radius 1 is 1.21 bits per heavy atom. The minimum Gasteiger partial charge on any atom is -0.496 e. The summed E-state index contributed by atoms with van der Waals surface area (Å²) in [5.74, 6) is 1.56. The van der Waals surface area contributed by atoms with E-state index in [9.17, 15) is 4.79 Å². The molecule has 1 aromatic heterocycles. The highest BCUT2D eigenvalue weighted by atomic mass is 16.5. The first-order valence-electron chi connectivity index (χ1n) is 7.78. The number of ether oxygens (including phenoxy) is 1. The molecule has 5 nitrogen and oxygen atoms in total. The largest absolute Gasteiger partial charge is 0.496 e. The Kier molecular flexibility index (Phi) is 4.91. The fourth-order valence-corrected chi connectivity index (χ4v) is 2.55. The zero-order chi connectivity index (χ0) is 16.8. The number of para-hydroxylation sites is 1. The zero-order valence-corrected chi connectivity index (χ0v) is 13.5. The number of methoxy groups -OCH3 is 1. The average Bonchev–Trinajstić information content (AvgIpc) is 3.15. The molecule has 0 aliphatic heterocycles. The van der Waals surface area contributed by atoms with Gasteiger partial charge in [0.05, 0.1) is 7.11 Å². The van der Waals surface area contributed by atoms with Gasteiger partial charge in [-0.3, -0.25) is 4.79 Å².